The van der Waals surface area contributed by atoms with E-state index in [9.17, 15) is 13.6 Å². The highest BCUT2D eigenvalue weighted by molar-refractivity contribution is 5.99. The van der Waals surface area contributed by atoms with Crippen molar-refractivity contribution in [3.8, 4) is 17.0 Å². The van der Waals surface area contributed by atoms with Gasteiger partial charge in [-0.2, -0.15) is 0 Å². The number of aromatic nitrogens is 2. The molecular formula is C30H28F2N6O3. The molecule has 3 N–H and O–H groups in total. The number of hydrogen-bond donors (Lipinski definition) is 3. The van der Waals surface area contributed by atoms with Gasteiger partial charge in [-0.3, -0.25) is 4.79 Å². The molecule has 0 atom stereocenters. The van der Waals surface area contributed by atoms with E-state index in [1.54, 1.807) is 25.4 Å². The van der Waals surface area contributed by atoms with Crippen molar-refractivity contribution in [2.75, 3.05) is 54.3 Å². The molecule has 1 amide bonds. The minimum atomic E-state index is -0.620. The Hall–Kier alpha value is -5.03. The second-order valence-electron chi connectivity index (χ2n) is 9.09. The molecule has 0 saturated carbocycles. The Morgan fingerprint density at radius 1 is 1.02 bits per heavy atom. The number of nitrogens with zero attached hydrogens (tertiary/aromatic N) is 3. The summed E-state index contributed by atoms with van der Waals surface area (Å²) < 4.78 is 39.5. The van der Waals surface area contributed by atoms with Crippen molar-refractivity contribution in [1.29, 1.82) is 0 Å². The number of halogens is 2. The Morgan fingerprint density at radius 2 is 1.83 bits per heavy atom. The van der Waals surface area contributed by atoms with Gasteiger partial charge in [-0.1, -0.05) is 12.6 Å². The van der Waals surface area contributed by atoms with Crippen LogP contribution in [0.4, 0.5) is 43.2 Å². The van der Waals surface area contributed by atoms with E-state index in [0.717, 1.165) is 36.3 Å². The number of rotatable bonds is 9. The van der Waals surface area contributed by atoms with Gasteiger partial charge in [-0.25, -0.2) is 18.7 Å². The van der Waals surface area contributed by atoms with E-state index in [0.29, 0.717) is 35.8 Å². The SMILES string of the molecule is C=CC(=O)Nc1cc(-c2nc(Nc3ccc(OC)c(N4CCOCC4)c3)ncc2Nc2cccc(F)c2)ccc1F. The van der Waals surface area contributed by atoms with Gasteiger partial charge in [-0.15, -0.1) is 0 Å². The zero-order valence-electron chi connectivity index (χ0n) is 22.3. The minimum absolute atomic E-state index is 0.0393. The van der Waals surface area contributed by atoms with Gasteiger partial charge in [-0.05, 0) is 60.7 Å². The molecule has 1 aliphatic heterocycles. The maximum absolute atomic E-state index is 14.5. The molecule has 0 radical (unpaired) electrons. The summed E-state index contributed by atoms with van der Waals surface area (Å²) in [5, 5.41) is 8.83. The van der Waals surface area contributed by atoms with Crippen LogP contribution in [0.1, 0.15) is 0 Å². The van der Waals surface area contributed by atoms with E-state index in [4.69, 9.17) is 14.5 Å². The number of morpholine rings is 1. The maximum atomic E-state index is 14.5. The van der Waals surface area contributed by atoms with Crippen LogP contribution in [0.3, 0.4) is 0 Å². The van der Waals surface area contributed by atoms with Crippen LogP contribution in [0.25, 0.3) is 11.3 Å². The standard InChI is InChI=1S/C30H28F2N6O3/c1-3-28(39)36-24-15-19(7-9-23(24)32)29-25(34-21-6-4-5-20(31)16-21)18-33-30(37-29)35-22-8-10-27(40-2)26(17-22)38-11-13-41-14-12-38/h3-10,15-18,34H,1,11-14H2,2H3,(H,36,39)(H,33,35,37). The number of ether oxygens (including phenoxy) is 2. The number of anilines is 6. The number of amides is 1. The third kappa shape index (κ3) is 6.59. The monoisotopic (exact) mass is 558 g/mol. The van der Waals surface area contributed by atoms with Crippen molar-refractivity contribution in [1.82, 2.24) is 9.97 Å². The Morgan fingerprint density at radius 3 is 2.59 bits per heavy atom. The van der Waals surface area contributed by atoms with E-state index < -0.39 is 17.5 Å². The third-order valence-corrected chi connectivity index (χ3v) is 6.36. The van der Waals surface area contributed by atoms with Crippen molar-refractivity contribution in [3.63, 3.8) is 0 Å². The average molecular weight is 559 g/mol. The van der Waals surface area contributed by atoms with Crippen molar-refractivity contribution in [3.05, 3.63) is 91.1 Å². The number of nitrogens with one attached hydrogen (secondary N) is 3. The molecule has 9 nitrogen and oxygen atoms in total. The largest absolute Gasteiger partial charge is 0.495 e. The molecule has 210 valence electrons. The first-order valence-corrected chi connectivity index (χ1v) is 12.8. The molecule has 3 aromatic carbocycles. The average Bonchev–Trinajstić information content (AvgIpc) is 2.99. The lowest BCUT2D eigenvalue weighted by atomic mass is 10.1. The fraction of sp³-hybridized carbons (Fsp3) is 0.167. The summed E-state index contributed by atoms with van der Waals surface area (Å²) in [5.41, 5.74) is 3.39. The molecule has 1 aliphatic rings. The molecule has 5 rings (SSSR count). The molecule has 0 unspecified atom stereocenters. The smallest absolute Gasteiger partial charge is 0.247 e. The fourth-order valence-electron chi connectivity index (χ4n) is 4.38. The predicted molar refractivity (Wildman–Crippen MR) is 155 cm³/mol. The second-order valence-corrected chi connectivity index (χ2v) is 9.09. The molecule has 11 heteroatoms. The maximum Gasteiger partial charge on any atom is 0.247 e. The molecule has 41 heavy (non-hydrogen) atoms. The first-order chi connectivity index (χ1) is 19.9. The van der Waals surface area contributed by atoms with Crippen LogP contribution in [0, 0.1) is 11.6 Å². The van der Waals surface area contributed by atoms with E-state index in [1.165, 1.54) is 30.3 Å². The summed E-state index contributed by atoms with van der Waals surface area (Å²) in [4.78, 5) is 23.2. The van der Waals surface area contributed by atoms with E-state index >= 15 is 0 Å². The molecule has 1 saturated heterocycles. The lowest BCUT2D eigenvalue weighted by Crippen LogP contribution is -2.36. The molecule has 0 spiro atoms. The lowest BCUT2D eigenvalue weighted by Gasteiger charge is -2.30. The summed E-state index contributed by atoms with van der Waals surface area (Å²) in [6.45, 7) is 6.13. The van der Waals surface area contributed by atoms with Crippen molar-refractivity contribution in [2.45, 2.75) is 0 Å². The Bertz CT molecular complexity index is 1580. The Kier molecular flexibility index (Phi) is 8.35. The van der Waals surface area contributed by atoms with Gasteiger partial charge in [0.05, 0.1) is 49.3 Å². The first kappa shape index (κ1) is 27.5. The first-order valence-electron chi connectivity index (χ1n) is 12.8. The van der Waals surface area contributed by atoms with Gasteiger partial charge in [0.2, 0.25) is 11.9 Å². The summed E-state index contributed by atoms with van der Waals surface area (Å²) in [6.07, 6.45) is 2.60. The van der Waals surface area contributed by atoms with Gasteiger partial charge >= 0.3 is 0 Å². The predicted octanol–water partition coefficient (Wildman–Crippen LogP) is 5.88. The van der Waals surface area contributed by atoms with Crippen LogP contribution < -0.4 is 25.6 Å². The molecule has 0 bridgehead atoms. The lowest BCUT2D eigenvalue weighted by molar-refractivity contribution is -0.111. The van der Waals surface area contributed by atoms with Crippen LogP contribution >= 0.6 is 0 Å². The number of methoxy groups -OCH3 is 1. The zero-order chi connectivity index (χ0) is 28.8. The topological polar surface area (TPSA) is 101 Å². The molecule has 1 fully saturated rings. The number of hydrogen-bond acceptors (Lipinski definition) is 8. The molecular weight excluding hydrogens is 530 g/mol. The van der Waals surface area contributed by atoms with Gasteiger partial charge < -0.3 is 30.3 Å². The highest BCUT2D eigenvalue weighted by Crippen LogP contribution is 2.35. The highest BCUT2D eigenvalue weighted by Gasteiger charge is 2.18. The summed E-state index contributed by atoms with van der Waals surface area (Å²) in [6, 6.07) is 15.8. The van der Waals surface area contributed by atoms with Gasteiger partial charge in [0.1, 0.15) is 17.4 Å². The Labute approximate surface area is 235 Å². The molecule has 4 aromatic rings. The fourth-order valence-corrected chi connectivity index (χ4v) is 4.38. The third-order valence-electron chi connectivity index (χ3n) is 6.36. The molecule has 2 heterocycles. The number of carbonyl (C=O) groups is 1. The van der Waals surface area contributed by atoms with E-state index in [2.05, 4.69) is 32.4 Å². The number of carbonyl (C=O) groups excluding carboxylic acids is 1. The van der Waals surface area contributed by atoms with Crippen LogP contribution in [0.15, 0.2) is 79.5 Å². The molecule has 1 aromatic heterocycles. The van der Waals surface area contributed by atoms with Crippen LogP contribution in [-0.4, -0.2) is 49.3 Å². The zero-order valence-corrected chi connectivity index (χ0v) is 22.3. The quantitative estimate of drug-likeness (QED) is 0.219. The summed E-state index contributed by atoms with van der Waals surface area (Å²) >= 11 is 0. The highest BCUT2D eigenvalue weighted by atomic mass is 19.1. The summed E-state index contributed by atoms with van der Waals surface area (Å²) in [5.74, 6) is -0.592. The van der Waals surface area contributed by atoms with Gasteiger partial charge in [0.15, 0.2) is 0 Å². The second kappa shape index (κ2) is 12.4. The van der Waals surface area contributed by atoms with Crippen molar-refractivity contribution in [2.24, 2.45) is 0 Å². The minimum Gasteiger partial charge on any atom is -0.495 e. The number of benzene rings is 3. The van der Waals surface area contributed by atoms with Gasteiger partial charge in [0.25, 0.3) is 0 Å². The van der Waals surface area contributed by atoms with Crippen LogP contribution in [0.5, 0.6) is 5.75 Å². The summed E-state index contributed by atoms with van der Waals surface area (Å²) in [7, 11) is 1.63. The van der Waals surface area contributed by atoms with Crippen LogP contribution in [-0.2, 0) is 9.53 Å². The Balaban J connectivity index is 1.52. The molecule has 0 aliphatic carbocycles. The van der Waals surface area contributed by atoms with E-state index in [-0.39, 0.29) is 11.6 Å². The van der Waals surface area contributed by atoms with Crippen molar-refractivity contribution >= 4 is 40.3 Å². The van der Waals surface area contributed by atoms with Gasteiger partial charge in [0, 0.05) is 30.0 Å². The van der Waals surface area contributed by atoms with Crippen LogP contribution in [0.2, 0.25) is 0 Å². The normalized spacial score (nSPS) is 12.9. The van der Waals surface area contributed by atoms with Crippen molar-refractivity contribution < 1.29 is 23.0 Å². The van der Waals surface area contributed by atoms with E-state index in [1.807, 2.05) is 18.2 Å².